The highest BCUT2D eigenvalue weighted by molar-refractivity contribution is 6.26. The molecule has 1 aliphatic rings. The minimum atomic E-state index is -0.174. The molecule has 0 spiro atoms. The van der Waals surface area contributed by atoms with Crippen LogP contribution in [0.1, 0.15) is 98.8 Å². The molecule has 0 saturated carbocycles. The fourth-order valence-electron chi connectivity index (χ4n) is 5.75. The van der Waals surface area contributed by atoms with Crippen LogP contribution in [0.5, 0.6) is 0 Å². The Hall–Kier alpha value is -2.48. The van der Waals surface area contributed by atoms with Gasteiger partial charge in [-0.15, -0.1) is 0 Å². The van der Waals surface area contributed by atoms with Gasteiger partial charge in [0.2, 0.25) is 0 Å². The van der Waals surface area contributed by atoms with Crippen molar-refractivity contribution >= 4 is 28.3 Å². The van der Waals surface area contributed by atoms with Crippen molar-refractivity contribution in [2.24, 2.45) is 11.5 Å². The molecule has 2 amide bonds. The van der Waals surface area contributed by atoms with Gasteiger partial charge in [0.05, 0.1) is 0 Å². The molecular weight excluding hydrogens is 486 g/mol. The first-order valence-corrected chi connectivity index (χ1v) is 15.1. The Labute approximate surface area is 235 Å². The number of benzene rings is 2. The van der Waals surface area contributed by atoms with Crippen LogP contribution in [-0.4, -0.2) is 74.0 Å². The molecule has 0 radical (unpaired) electrons. The van der Waals surface area contributed by atoms with Crippen LogP contribution in [0.3, 0.4) is 0 Å². The Balaban J connectivity index is 1.50. The molecule has 0 fully saturated rings. The first-order valence-electron chi connectivity index (χ1n) is 15.1. The monoisotopic (exact) mass is 537 g/mol. The standard InChI is InChI=1S/C32H51N5O2/c1-5-12-24(33)18-22-36(23-19-25(34)13-6-2)20-9-7-8-10-21-37-31(38)27-15-11-14-26-29(35(3)4)17-16-28(30(26)27)32(37)39/h11,14-17,24-25H,5-10,12-13,18-23,33-34H2,1-4H3. The van der Waals surface area contributed by atoms with Crippen LogP contribution in [0, 0.1) is 0 Å². The maximum atomic E-state index is 13.3. The van der Waals surface area contributed by atoms with Gasteiger partial charge < -0.3 is 21.3 Å². The highest BCUT2D eigenvalue weighted by Crippen LogP contribution is 2.35. The van der Waals surface area contributed by atoms with Crippen LogP contribution in [0.25, 0.3) is 10.8 Å². The van der Waals surface area contributed by atoms with E-state index in [4.69, 9.17) is 11.5 Å². The third-order valence-corrected chi connectivity index (χ3v) is 8.01. The number of carbonyl (C=O) groups is 2. The summed E-state index contributed by atoms with van der Waals surface area (Å²) in [4.78, 5) is 32.6. The molecule has 2 aromatic rings. The number of hydrogen-bond acceptors (Lipinski definition) is 6. The number of imide groups is 1. The van der Waals surface area contributed by atoms with E-state index in [9.17, 15) is 9.59 Å². The van der Waals surface area contributed by atoms with Gasteiger partial charge in [-0.1, -0.05) is 51.7 Å². The summed E-state index contributed by atoms with van der Waals surface area (Å²) in [5.41, 5.74) is 14.8. The van der Waals surface area contributed by atoms with Crippen LogP contribution < -0.4 is 16.4 Å². The van der Waals surface area contributed by atoms with Crippen LogP contribution in [0.4, 0.5) is 5.69 Å². The molecule has 1 aliphatic heterocycles. The molecule has 3 rings (SSSR count). The van der Waals surface area contributed by atoms with Crippen molar-refractivity contribution in [3.63, 3.8) is 0 Å². The van der Waals surface area contributed by atoms with E-state index in [1.54, 1.807) is 0 Å². The van der Waals surface area contributed by atoms with Crippen LogP contribution in [0.2, 0.25) is 0 Å². The molecule has 7 heteroatoms. The summed E-state index contributed by atoms with van der Waals surface area (Å²) in [6.07, 6.45) is 10.5. The van der Waals surface area contributed by atoms with Crippen molar-refractivity contribution in [1.82, 2.24) is 9.80 Å². The summed E-state index contributed by atoms with van der Waals surface area (Å²) in [6.45, 7) is 7.93. The van der Waals surface area contributed by atoms with Crippen molar-refractivity contribution in [2.45, 2.75) is 90.1 Å². The van der Waals surface area contributed by atoms with E-state index in [1.807, 2.05) is 49.3 Å². The number of hydrogen-bond donors (Lipinski definition) is 2. The maximum Gasteiger partial charge on any atom is 0.261 e. The van der Waals surface area contributed by atoms with E-state index in [0.717, 1.165) is 100 Å². The number of nitrogens with zero attached hydrogens (tertiary/aromatic N) is 3. The van der Waals surface area contributed by atoms with Crippen LogP contribution in [-0.2, 0) is 0 Å². The quantitative estimate of drug-likeness (QED) is 0.195. The third kappa shape index (κ3) is 8.26. The molecule has 216 valence electrons. The van der Waals surface area contributed by atoms with Gasteiger partial charge in [0.1, 0.15) is 0 Å². The van der Waals surface area contributed by atoms with Crippen molar-refractivity contribution in [3.8, 4) is 0 Å². The number of anilines is 1. The van der Waals surface area contributed by atoms with Gasteiger partial charge in [-0.25, -0.2) is 0 Å². The van der Waals surface area contributed by atoms with Gasteiger partial charge in [-0.05, 0) is 76.4 Å². The third-order valence-electron chi connectivity index (χ3n) is 8.01. The van der Waals surface area contributed by atoms with E-state index in [-0.39, 0.29) is 23.9 Å². The minimum absolute atomic E-state index is 0.174. The lowest BCUT2D eigenvalue weighted by molar-refractivity contribution is 0.0607. The molecule has 7 nitrogen and oxygen atoms in total. The molecule has 0 bridgehead atoms. The molecule has 2 atom stereocenters. The van der Waals surface area contributed by atoms with Gasteiger partial charge in [-0.2, -0.15) is 0 Å². The fraction of sp³-hybridized carbons (Fsp3) is 0.625. The van der Waals surface area contributed by atoms with Gasteiger partial charge in [0, 0.05) is 60.3 Å². The highest BCUT2D eigenvalue weighted by atomic mass is 16.2. The summed E-state index contributed by atoms with van der Waals surface area (Å²) in [5, 5.41) is 1.74. The second-order valence-corrected chi connectivity index (χ2v) is 11.4. The minimum Gasteiger partial charge on any atom is -0.377 e. The number of rotatable bonds is 18. The normalized spacial score (nSPS) is 14.9. The highest BCUT2D eigenvalue weighted by Gasteiger charge is 2.33. The predicted octanol–water partition coefficient (Wildman–Crippen LogP) is 5.40. The first kappa shape index (κ1) is 31.1. The Morgan fingerprint density at radius 3 is 1.92 bits per heavy atom. The molecule has 2 unspecified atom stereocenters. The zero-order chi connectivity index (χ0) is 28.4. The van der Waals surface area contributed by atoms with E-state index in [2.05, 4.69) is 18.7 Å². The Morgan fingerprint density at radius 1 is 0.744 bits per heavy atom. The average Bonchev–Trinajstić information content (AvgIpc) is 2.91. The molecule has 2 aromatic carbocycles. The van der Waals surface area contributed by atoms with Crippen molar-refractivity contribution in [3.05, 3.63) is 41.5 Å². The smallest absolute Gasteiger partial charge is 0.261 e. The van der Waals surface area contributed by atoms with Crippen molar-refractivity contribution < 1.29 is 9.59 Å². The van der Waals surface area contributed by atoms with Gasteiger partial charge in [0.15, 0.2) is 0 Å². The lowest BCUT2D eigenvalue weighted by Crippen LogP contribution is -2.41. The summed E-state index contributed by atoms with van der Waals surface area (Å²) in [6, 6.07) is 10.1. The molecule has 39 heavy (non-hydrogen) atoms. The lowest BCUT2D eigenvalue weighted by Gasteiger charge is -2.28. The lowest BCUT2D eigenvalue weighted by atomic mass is 9.92. The van der Waals surface area contributed by atoms with Gasteiger partial charge >= 0.3 is 0 Å². The topological polar surface area (TPSA) is 95.9 Å². The van der Waals surface area contributed by atoms with Gasteiger partial charge in [0.25, 0.3) is 11.8 Å². The largest absolute Gasteiger partial charge is 0.377 e. The predicted molar refractivity (Wildman–Crippen MR) is 164 cm³/mol. The summed E-state index contributed by atoms with van der Waals surface area (Å²) in [7, 11) is 3.95. The maximum absolute atomic E-state index is 13.3. The van der Waals surface area contributed by atoms with E-state index in [0.29, 0.717) is 17.7 Å². The zero-order valence-electron chi connectivity index (χ0n) is 24.8. The second-order valence-electron chi connectivity index (χ2n) is 11.4. The molecule has 0 aromatic heterocycles. The van der Waals surface area contributed by atoms with E-state index in [1.165, 1.54) is 4.90 Å². The van der Waals surface area contributed by atoms with E-state index < -0.39 is 0 Å². The molecule has 0 aliphatic carbocycles. The molecule has 0 saturated heterocycles. The molecular formula is C32H51N5O2. The zero-order valence-corrected chi connectivity index (χ0v) is 24.8. The summed E-state index contributed by atoms with van der Waals surface area (Å²) >= 11 is 0. The van der Waals surface area contributed by atoms with Crippen LogP contribution >= 0.6 is 0 Å². The summed E-state index contributed by atoms with van der Waals surface area (Å²) in [5.74, 6) is -0.348. The van der Waals surface area contributed by atoms with Crippen LogP contribution in [0.15, 0.2) is 30.3 Å². The SMILES string of the molecule is CCCC(N)CCN(CCCCCCN1C(=O)c2cccc3c(N(C)C)ccc(c23)C1=O)CCC(N)CCC. The Bertz CT molecular complexity index is 1050. The van der Waals surface area contributed by atoms with Gasteiger partial charge in [-0.3, -0.25) is 14.5 Å². The number of carbonyl (C=O) groups excluding carboxylic acids is 2. The summed E-state index contributed by atoms with van der Waals surface area (Å²) < 4.78 is 0. The molecule has 1 heterocycles. The Kier molecular flexibility index (Phi) is 12.2. The van der Waals surface area contributed by atoms with Crippen molar-refractivity contribution in [2.75, 3.05) is 45.2 Å². The molecule has 4 N–H and O–H groups in total. The van der Waals surface area contributed by atoms with Crippen molar-refractivity contribution in [1.29, 1.82) is 0 Å². The first-order chi connectivity index (χ1) is 18.8. The number of amides is 2. The Morgan fingerprint density at radius 2 is 1.33 bits per heavy atom. The number of unbranched alkanes of at least 4 members (excludes halogenated alkanes) is 3. The van der Waals surface area contributed by atoms with E-state index >= 15 is 0 Å². The number of nitrogens with two attached hydrogens (primary N) is 2. The second kappa shape index (κ2) is 15.3. The fourth-order valence-corrected chi connectivity index (χ4v) is 5.75. The average molecular weight is 538 g/mol.